The molecule has 0 saturated carbocycles. The number of para-hydroxylation sites is 1. The number of methoxy groups -OCH3 is 2. The summed E-state index contributed by atoms with van der Waals surface area (Å²) in [5.74, 6) is 0.0999. The summed E-state index contributed by atoms with van der Waals surface area (Å²) in [7, 11) is 2.77. The van der Waals surface area contributed by atoms with Gasteiger partial charge in [0.15, 0.2) is 16.6 Å². The monoisotopic (exact) mass is 476 g/mol. The van der Waals surface area contributed by atoms with Crippen LogP contribution in [0.1, 0.15) is 5.56 Å². The average molecular weight is 477 g/mol. The number of nitrogens with zero attached hydrogens (tertiary/aromatic N) is 1. The number of carbonyl (C=O) groups is 2. The normalized spacial score (nSPS) is 14.7. The van der Waals surface area contributed by atoms with Gasteiger partial charge in [0.2, 0.25) is 5.75 Å². The number of nitrogens with one attached hydrogen (secondary N) is 1. The molecule has 8 nitrogen and oxygen atoms in total. The fraction of sp³-hybridized carbons (Fsp3) is 0.0800. The number of phenols is 1. The van der Waals surface area contributed by atoms with Crippen molar-refractivity contribution in [1.29, 1.82) is 0 Å². The molecule has 2 N–H and O–H groups in total. The van der Waals surface area contributed by atoms with Crippen molar-refractivity contribution < 1.29 is 28.9 Å². The summed E-state index contributed by atoms with van der Waals surface area (Å²) in [5, 5.41) is 12.6. The quantitative estimate of drug-likeness (QED) is 0.315. The Morgan fingerprint density at radius 3 is 2.09 bits per heavy atom. The lowest BCUT2D eigenvalue weighted by atomic mass is 10.1. The smallest absolute Gasteiger partial charge is 0.270 e. The molecule has 1 aliphatic heterocycles. The Hall–Kier alpha value is -4.37. The highest BCUT2D eigenvalue weighted by Gasteiger charge is 2.34. The van der Waals surface area contributed by atoms with Crippen molar-refractivity contribution in [2.75, 3.05) is 19.1 Å². The molecule has 172 valence electrons. The molecule has 2 amide bonds. The molecule has 0 spiro atoms. The standard InChI is InChI=1S/C25H20N2O6S/c1-31-20-13-15(14-21(32-2)22(20)28)12-19-23(29)26-25(34)27(24(19)30)16-8-10-18(11-9-16)33-17-6-4-3-5-7-17/h3-14,28H,1-2H3,(H,26,29,34). The third kappa shape index (κ3) is 4.55. The van der Waals surface area contributed by atoms with E-state index in [1.54, 1.807) is 24.3 Å². The highest BCUT2D eigenvalue weighted by atomic mass is 32.1. The Balaban J connectivity index is 1.64. The largest absolute Gasteiger partial charge is 0.502 e. The number of hydrogen-bond acceptors (Lipinski definition) is 7. The van der Waals surface area contributed by atoms with Crippen LogP contribution < -0.4 is 24.4 Å². The van der Waals surface area contributed by atoms with Crippen LogP contribution in [0.2, 0.25) is 0 Å². The van der Waals surface area contributed by atoms with E-state index in [1.165, 1.54) is 37.3 Å². The Bertz CT molecular complexity index is 1260. The minimum Gasteiger partial charge on any atom is -0.502 e. The van der Waals surface area contributed by atoms with Crippen LogP contribution in [-0.2, 0) is 9.59 Å². The molecular formula is C25H20N2O6S. The summed E-state index contributed by atoms with van der Waals surface area (Å²) in [6, 6.07) is 19.0. The molecule has 1 saturated heterocycles. The Kier molecular flexibility index (Phi) is 6.46. The van der Waals surface area contributed by atoms with Gasteiger partial charge in [-0.15, -0.1) is 0 Å². The van der Waals surface area contributed by atoms with Crippen molar-refractivity contribution in [3.8, 4) is 28.7 Å². The minimum absolute atomic E-state index is 0.0373. The van der Waals surface area contributed by atoms with Crippen molar-refractivity contribution in [3.05, 3.63) is 77.9 Å². The maximum atomic E-state index is 13.3. The van der Waals surface area contributed by atoms with E-state index in [2.05, 4.69) is 5.32 Å². The lowest BCUT2D eigenvalue weighted by molar-refractivity contribution is -0.122. The number of aromatic hydroxyl groups is 1. The maximum absolute atomic E-state index is 13.3. The summed E-state index contributed by atoms with van der Waals surface area (Å²) < 4.78 is 16.1. The van der Waals surface area contributed by atoms with Crippen LogP contribution in [-0.4, -0.2) is 36.3 Å². The second kappa shape index (κ2) is 9.63. The zero-order valence-corrected chi connectivity index (χ0v) is 19.1. The van der Waals surface area contributed by atoms with Gasteiger partial charge >= 0.3 is 0 Å². The SMILES string of the molecule is COc1cc(C=C2C(=O)NC(=S)N(c3ccc(Oc4ccccc4)cc3)C2=O)cc(OC)c1O. The second-order valence-electron chi connectivity index (χ2n) is 7.14. The molecule has 3 aromatic rings. The van der Waals surface area contributed by atoms with E-state index in [4.69, 9.17) is 26.4 Å². The predicted octanol–water partition coefficient (Wildman–Crippen LogP) is 4.03. The Morgan fingerprint density at radius 2 is 1.50 bits per heavy atom. The molecule has 0 radical (unpaired) electrons. The maximum Gasteiger partial charge on any atom is 0.270 e. The fourth-order valence-corrected chi connectivity index (χ4v) is 3.62. The van der Waals surface area contributed by atoms with E-state index >= 15 is 0 Å². The summed E-state index contributed by atoms with van der Waals surface area (Å²) in [5.41, 5.74) is 0.736. The van der Waals surface area contributed by atoms with Crippen LogP contribution in [0, 0.1) is 0 Å². The van der Waals surface area contributed by atoms with Gasteiger partial charge < -0.3 is 19.3 Å². The van der Waals surface area contributed by atoms with Crippen LogP contribution in [0.15, 0.2) is 72.3 Å². The number of benzene rings is 3. The number of amides is 2. The number of phenolic OH excluding ortho intramolecular Hbond substituents is 1. The number of hydrogen-bond donors (Lipinski definition) is 2. The van der Waals surface area contributed by atoms with Gasteiger partial charge in [-0.3, -0.25) is 19.8 Å². The van der Waals surface area contributed by atoms with Gasteiger partial charge in [-0.2, -0.15) is 0 Å². The van der Waals surface area contributed by atoms with Crippen LogP contribution >= 0.6 is 12.2 Å². The van der Waals surface area contributed by atoms with Gasteiger partial charge in [-0.1, -0.05) is 18.2 Å². The zero-order chi connectivity index (χ0) is 24.2. The van der Waals surface area contributed by atoms with E-state index in [0.29, 0.717) is 22.7 Å². The van der Waals surface area contributed by atoms with Crippen LogP contribution in [0.25, 0.3) is 6.08 Å². The van der Waals surface area contributed by atoms with E-state index in [9.17, 15) is 14.7 Å². The topological polar surface area (TPSA) is 97.3 Å². The predicted molar refractivity (Wildman–Crippen MR) is 130 cm³/mol. The minimum atomic E-state index is -0.638. The van der Waals surface area contributed by atoms with Crippen molar-refractivity contribution in [3.63, 3.8) is 0 Å². The summed E-state index contributed by atoms with van der Waals surface area (Å²) in [4.78, 5) is 27.1. The van der Waals surface area contributed by atoms with E-state index in [0.717, 1.165) is 0 Å². The summed E-state index contributed by atoms with van der Waals surface area (Å²) in [6.07, 6.45) is 1.38. The van der Waals surface area contributed by atoms with Gasteiger partial charge in [0.25, 0.3) is 11.8 Å². The van der Waals surface area contributed by atoms with E-state index in [1.807, 2.05) is 30.3 Å². The second-order valence-corrected chi connectivity index (χ2v) is 7.53. The number of thiocarbonyl (C=S) groups is 1. The highest BCUT2D eigenvalue weighted by Crippen LogP contribution is 2.38. The van der Waals surface area contributed by atoms with Crippen molar-refractivity contribution in [2.45, 2.75) is 0 Å². The molecule has 9 heteroatoms. The fourth-order valence-electron chi connectivity index (χ4n) is 3.34. The molecule has 0 unspecified atom stereocenters. The molecular weight excluding hydrogens is 456 g/mol. The van der Waals surface area contributed by atoms with Gasteiger partial charge in [0.1, 0.15) is 17.1 Å². The van der Waals surface area contributed by atoms with Crippen LogP contribution in [0.5, 0.6) is 28.7 Å². The number of rotatable bonds is 6. The first-order chi connectivity index (χ1) is 16.4. The highest BCUT2D eigenvalue weighted by molar-refractivity contribution is 7.80. The molecule has 1 heterocycles. The Morgan fingerprint density at radius 1 is 0.912 bits per heavy atom. The first-order valence-corrected chi connectivity index (χ1v) is 10.5. The van der Waals surface area contributed by atoms with E-state index < -0.39 is 11.8 Å². The van der Waals surface area contributed by atoms with Crippen molar-refractivity contribution >= 4 is 40.9 Å². The van der Waals surface area contributed by atoms with Gasteiger partial charge in [-0.05, 0) is 72.4 Å². The first kappa shape index (κ1) is 22.8. The third-order valence-electron chi connectivity index (χ3n) is 4.99. The number of anilines is 1. The number of carbonyl (C=O) groups excluding carboxylic acids is 2. The molecule has 34 heavy (non-hydrogen) atoms. The summed E-state index contributed by atoms with van der Waals surface area (Å²) in [6.45, 7) is 0. The van der Waals surface area contributed by atoms with Gasteiger partial charge in [-0.25, -0.2) is 0 Å². The zero-order valence-electron chi connectivity index (χ0n) is 18.3. The Labute approximate surface area is 201 Å². The number of ether oxygens (including phenoxy) is 3. The van der Waals surface area contributed by atoms with E-state index in [-0.39, 0.29) is 27.9 Å². The first-order valence-electron chi connectivity index (χ1n) is 10.1. The molecule has 4 rings (SSSR count). The molecule has 0 bridgehead atoms. The van der Waals surface area contributed by atoms with Crippen LogP contribution in [0.4, 0.5) is 5.69 Å². The van der Waals surface area contributed by atoms with Crippen molar-refractivity contribution in [2.24, 2.45) is 0 Å². The van der Waals surface area contributed by atoms with Gasteiger partial charge in [0, 0.05) is 0 Å². The average Bonchev–Trinajstić information content (AvgIpc) is 2.84. The molecule has 1 fully saturated rings. The lowest BCUT2D eigenvalue weighted by Gasteiger charge is -2.29. The lowest BCUT2D eigenvalue weighted by Crippen LogP contribution is -2.54. The van der Waals surface area contributed by atoms with Crippen molar-refractivity contribution in [1.82, 2.24) is 5.32 Å². The summed E-state index contributed by atoms with van der Waals surface area (Å²) >= 11 is 5.26. The molecule has 1 aliphatic rings. The van der Waals surface area contributed by atoms with Crippen LogP contribution in [0.3, 0.4) is 0 Å². The third-order valence-corrected chi connectivity index (χ3v) is 5.27. The molecule has 0 aromatic heterocycles. The van der Waals surface area contributed by atoms with Gasteiger partial charge in [0.05, 0.1) is 19.9 Å². The molecule has 3 aromatic carbocycles. The molecule has 0 atom stereocenters. The molecule has 0 aliphatic carbocycles.